The molecule has 0 N–H and O–H groups in total. The van der Waals surface area contributed by atoms with Crippen molar-refractivity contribution in [1.29, 1.82) is 0 Å². The molecule has 3 rings (SSSR count). The monoisotopic (exact) mass is 430 g/mol. The van der Waals surface area contributed by atoms with Crippen LogP contribution in [0.25, 0.3) is 0 Å². The zero-order chi connectivity index (χ0) is 22.2. The number of carbonyl (C=O) groups is 1. The van der Waals surface area contributed by atoms with Gasteiger partial charge in [0.15, 0.2) is 0 Å². The summed E-state index contributed by atoms with van der Waals surface area (Å²) in [6.45, 7) is 4.67. The number of aromatic nitrogens is 3. The number of hydrogen-bond donors (Lipinski definition) is 0. The highest BCUT2D eigenvalue weighted by Crippen LogP contribution is 2.31. The predicted octanol–water partition coefficient (Wildman–Crippen LogP) is 2.38. The van der Waals surface area contributed by atoms with Crippen LogP contribution in [-0.4, -0.2) is 73.4 Å². The summed E-state index contributed by atoms with van der Waals surface area (Å²) in [5.74, 6) is 1.58. The summed E-state index contributed by atoms with van der Waals surface area (Å²) in [6, 6.07) is 3.37. The van der Waals surface area contributed by atoms with Crippen molar-refractivity contribution in [2.45, 2.75) is 32.3 Å². The number of amides is 1. The second-order valence-electron chi connectivity index (χ2n) is 7.35. The first kappa shape index (κ1) is 22.9. The number of aryl methyl sites for hydroxylation is 1. The van der Waals surface area contributed by atoms with Gasteiger partial charge in [0.25, 0.3) is 5.91 Å². The highest BCUT2D eigenvalue weighted by atomic mass is 16.5. The molecule has 1 fully saturated rings. The highest BCUT2D eigenvalue weighted by Gasteiger charge is 2.29. The molecule has 0 radical (unpaired) electrons. The molecular formula is C22H30N4O5. The van der Waals surface area contributed by atoms with Crippen molar-refractivity contribution in [3.63, 3.8) is 0 Å². The molecule has 1 amide bonds. The molecule has 0 aliphatic carbocycles. The number of methoxy groups -OCH3 is 3. The molecule has 0 saturated carbocycles. The number of nitrogens with zero attached hydrogens (tertiary/aromatic N) is 4. The summed E-state index contributed by atoms with van der Waals surface area (Å²) < 4.78 is 21.1. The van der Waals surface area contributed by atoms with Gasteiger partial charge in [-0.2, -0.15) is 4.98 Å². The normalized spacial score (nSPS) is 14.5. The fourth-order valence-electron chi connectivity index (χ4n) is 3.68. The van der Waals surface area contributed by atoms with Crippen LogP contribution in [0, 0.1) is 6.92 Å². The van der Waals surface area contributed by atoms with Crippen molar-refractivity contribution < 1.29 is 23.7 Å². The van der Waals surface area contributed by atoms with Crippen molar-refractivity contribution in [2.75, 3.05) is 47.6 Å². The summed E-state index contributed by atoms with van der Waals surface area (Å²) in [7, 11) is 4.68. The minimum atomic E-state index is -0.0903. The molecule has 0 unspecified atom stereocenters. The third-order valence-corrected chi connectivity index (χ3v) is 5.34. The fraction of sp³-hybridized carbons (Fsp3) is 0.545. The lowest BCUT2D eigenvalue weighted by molar-refractivity contribution is 0.0604. The largest absolute Gasteiger partial charge is 0.481 e. The summed E-state index contributed by atoms with van der Waals surface area (Å²) in [5, 5.41) is 0. The summed E-state index contributed by atoms with van der Waals surface area (Å²) >= 11 is 0. The molecule has 1 saturated heterocycles. The molecule has 168 valence electrons. The number of likely N-dealkylation sites (tertiary alicyclic amines) is 1. The van der Waals surface area contributed by atoms with Crippen LogP contribution in [0.3, 0.4) is 0 Å². The van der Waals surface area contributed by atoms with Gasteiger partial charge in [0, 0.05) is 43.9 Å². The number of pyridine rings is 1. The maximum atomic E-state index is 13.1. The van der Waals surface area contributed by atoms with Gasteiger partial charge < -0.3 is 23.8 Å². The highest BCUT2D eigenvalue weighted by molar-refractivity contribution is 5.96. The molecule has 0 atom stereocenters. The lowest BCUT2D eigenvalue weighted by Crippen LogP contribution is -2.38. The van der Waals surface area contributed by atoms with E-state index < -0.39 is 0 Å². The van der Waals surface area contributed by atoms with Gasteiger partial charge in [-0.25, -0.2) is 9.97 Å². The van der Waals surface area contributed by atoms with Crippen molar-refractivity contribution in [2.24, 2.45) is 0 Å². The molecule has 1 aliphatic rings. The van der Waals surface area contributed by atoms with E-state index in [9.17, 15) is 4.79 Å². The average Bonchev–Trinajstić information content (AvgIpc) is 2.81. The van der Waals surface area contributed by atoms with Crippen LogP contribution in [0.15, 0.2) is 18.3 Å². The topological polar surface area (TPSA) is 95.9 Å². The van der Waals surface area contributed by atoms with Crippen LogP contribution in [0.5, 0.6) is 11.8 Å². The summed E-state index contributed by atoms with van der Waals surface area (Å²) in [5.41, 5.74) is 2.44. The summed E-state index contributed by atoms with van der Waals surface area (Å²) in [4.78, 5) is 28.1. The Kier molecular flexibility index (Phi) is 8.13. The molecule has 0 aromatic carbocycles. The number of carbonyl (C=O) groups excluding carboxylic acids is 1. The fourth-order valence-corrected chi connectivity index (χ4v) is 3.68. The number of hydrogen-bond acceptors (Lipinski definition) is 8. The van der Waals surface area contributed by atoms with Gasteiger partial charge in [-0.05, 0) is 25.8 Å². The van der Waals surface area contributed by atoms with Gasteiger partial charge in [-0.15, -0.1) is 0 Å². The molecule has 9 heteroatoms. The van der Waals surface area contributed by atoms with Crippen molar-refractivity contribution in [3.8, 4) is 11.8 Å². The summed E-state index contributed by atoms with van der Waals surface area (Å²) in [6.07, 6.45) is 3.48. The van der Waals surface area contributed by atoms with Gasteiger partial charge in [0.05, 0.1) is 39.7 Å². The maximum Gasteiger partial charge on any atom is 0.259 e. The van der Waals surface area contributed by atoms with Gasteiger partial charge in [-0.1, -0.05) is 0 Å². The minimum absolute atomic E-state index is 0.0903. The number of rotatable bonds is 9. The first-order valence-electron chi connectivity index (χ1n) is 10.3. The van der Waals surface area contributed by atoms with Crippen LogP contribution in [0.1, 0.15) is 46.2 Å². The van der Waals surface area contributed by atoms with Gasteiger partial charge >= 0.3 is 0 Å². The molecule has 0 bridgehead atoms. The van der Waals surface area contributed by atoms with E-state index in [1.54, 1.807) is 19.2 Å². The van der Waals surface area contributed by atoms with Gasteiger partial charge in [-0.3, -0.25) is 4.79 Å². The van der Waals surface area contributed by atoms with Gasteiger partial charge in [0.1, 0.15) is 11.4 Å². The maximum absolute atomic E-state index is 13.1. The lowest BCUT2D eigenvalue weighted by Gasteiger charge is -2.32. The molecule has 0 spiro atoms. The Morgan fingerprint density at radius 3 is 2.55 bits per heavy atom. The van der Waals surface area contributed by atoms with E-state index >= 15 is 0 Å². The van der Waals surface area contributed by atoms with Crippen molar-refractivity contribution >= 4 is 5.91 Å². The lowest BCUT2D eigenvalue weighted by atomic mass is 9.90. The molecular weight excluding hydrogens is 400 g/mol. The zero-order valence-electron chi connectivity index (χ0n) is 18.6. The average molecular weight is 431 g/mol. The van der Waals surface area contributed by atoms with E-state index in [0.29, 0.717) is 44.4 Å². The molecule has 3 heterocycles. The van der Waals surface area contributed by atoms with Crippen LogP contribution >= 0.6 is 0 Å². The Balaban J connectivity index is 1.67. The van der Waals surface area contributed by atoms with Crippen LogP contribution in [-0.2, 0) is 16.1 Å². The first-order chi connectivity index (χ1) is 15.1. The third-order valence-electron chi connectivity index (χ3n) is 5.34. The van der Waals surface area contributed by atoms with Crippen molar-refractivity contribution in [3.05, 3.63) is 41.0 Å². The van der Waals surface area contributed by atoms with E-state index in [-0.39, 0.29) is 17.7 Å². The Morgan fingerprint density at radius 1 is 1.10 bits per heavy atom. The first-order valence-corrected chi connectivity index (χ1v) is 10.3. The standard InChI is InChI=1S/C22H30N4O5/c1-15-23-13-17(14-31-12-11-28-2)20(24-15)16-7-9-26(10-8-16)22(27)18-5-6-19(29-3)25-21(18)30-4/h5-6,13,16H,7-12,14H2,1-4H3. The predicted molar refractivity (Wildman–Crippen MR) is 114 cm³/mol. The molecule has 2 aromatic rings. The zero-order valence-corrected chi connectivity index (χ0v) is 18.6. The van der Waals surface area contributed by atoms with Gasteiger partial charge in [0.2, 0.25) is 11.8 Å². The van der Waals surface area contributed by atoms with E-state index in [2.05, 4.69) is 9.97 Å². The molecule has 2 aromatic heterocycles. The van der Waals surface area contributed by atoms with Crippen LogP contribution < -0.4 is 9.47 Å². The van der Waals surface area contributed by atoms with E-state index in [0.717, 1.165) is 29.9 Å². The SMILES string of the molecule is COCCOCc1cnc(C)nc1C1CCN(C(=O)c2ccc(OC)nc2OC)CC1. The van der Waals surface area contributed by atoms with E-state index in [1.807, 2.05) is 18.0 Å². The second-order valence-corrected chi connectivity index (χ2v) is 7.35. The molecule has 31 heavy (non-hydrogen) atoms. The Labute approximate surface area is 182 Å². The second kappa shape index (κ2) is 11.0. The number of ether oxygens (including phenoxy) is 4. The number of piperidine rings is 1. The Bertz CT molecular complexity index is 884. The quantitative estimate of drug-likeness (QED) is 0.560. The smallest absolute Gasteiger partial charge is 0.259 e. The molecule has 1 aliphatic heterocycles. The van der Waals surface area contributed by atoms with Crippen molar-refractivity contribution in [1.82, 2.24) is 19.9 Å². The minimum Gasteiger partial charge on any atom is -0.481 e. The Hall–Kier alpha value is -2.78. The van der Waals surface area contributed by atoms with Crippen LogP contribution in [0.4, 0.5) is 0 Å². The Morgan fingerprint density at radius 2 is 1.87 bits per heavy atom. The third kappa shape index (κ3) is 5.68. The van der Waals surface area contributed by atoms with Crippen LogP contribution in [0.2, 0.25) is 0 Å². The van der Waals surface area contributed by atoms with E-state index in [1.165, 1.54) is 14.2 Å². The molecule has 9 nitrogen and oxygen atoms in total. The van der Waals surface area contributed by atoms with E-state index in [4.69, 9.17) is 23.9 Å².